The van der Waals surface area contributed by atoms with Crippen LogP contribution in [0.15, 0.2) is 42.7 Å². The van der Waals surface area contributed by atoms with Gasteiger partial charge in [0.1, 0.15) is 5.82 Å². The van der Waals surface area contributed by atoms with E-state index in [9.17, 15) is 10.1 Å². The van der Waals surface area contributed by atoms with Gasteiger partial charge in [0.25, 0.3) is 5.69 Å². The molecule has 0 saturated heterocycles. The molecule has 1 aromatic carbocycles. The van der Waals surface area contributed by atoms with Crippen LogP contribution in [0, 0.1) is 10.1 Å². The van der Waals surface area contributed by atoms with Gasteiger partial charge in [0.15, 0.2) is 0 Å². The Morgan fingerprint density at radius 3 is 2.84 bits per heavy atom. The molecule has 0 radical (unpaired) electrons. The SMILES string of the molecule is O=[N+]([O-])c1ccc2c(ccn2-c2ccnc(Cl)n2)c1. The third-order valence-electron chi connectivity index (χ3n) is 2.74. The molecule has 0 spiro atoms. The molecule has 0 fully saturated rings. The largest absolute Gasteiger partial charge is 0.301 e. The number of aromatic nitrogens is 3. The van der Waals surface area contributed by atoms with Gasteiger partial charge in [-0.2, -0.15) is 4.98 Å². The highest BCUT2D eigenvalue weighted by atomic mass is 35.5. The minimum atomic E-state index is -0.418. The Hall–Kier alpha value is -2.47. The minimum Gasteiger partial charge on any atom is -0.301 e. The molecule has 0 unspecified atom stereocenters. The van der Waals surface area contributed by atoms with Crippen molar-refractivity contribution in [2.45, 2.75) is 0 Å². The predicted octanol–water partition coefficient (Wildman–Crippen LogP) is 2.98. The summed E-state index contributed by atoms with van der Waals surface area (Å²) in [6.07, 6.45) is 3.34. The summed E-state index contributed by atoms with van der Waals surface area (Å²) >= 11 is 5.75. The number of rotatable bonds is 2. The van der Waals surface area contributed by atoms with E-state index >= 15 is 0 Å². The van der Waals surface area contributed by atoms with E-state index in [1.807, 2.05) is 0 Å². The van der Waals surface area contributed by atoms with Crippen molar-refractivity contribution in [3.8, 4) is 5.82 Å². The summed E-state index contributed by atoms with van der Waals surface area (Å²) in [5, 5.41) is 11.6. The van der Waals surface area contributed by atoms with Crippen molar-refractivity contribution in [1.82, 2.24) is 14.5 Å². The Labute approximate surface area is 112 Å². The van der Waals surface area contributed by atoms with Crippen LogP contribution in [0.2, 0.25) is 5.28 Å². The van der Waals surface area contributed by atoms with E-state index < -0.39 is 4.92 Å². The van der Waals surface area contributed by atoms with E-state index in [-0.39, 0.29) is 11.0 Å². The van der Waals surface area contributed by atoms with Crippen molar-refractivity contribution in [3.63, 3.8) is 0 Å². The van der Waals surface area contributed by atoms with E-state index in [4.69, 9.17) is 11.6 Å². The van der Waals surface area contributed by atoms with Gasteiger partial charge in [-0.05, 0) is 29.8 Å². The molecule has 3 aromatic rings. The maximum atomic E-state index is 10.7. The van der Waals surface area contributed by atoms with Crippen molar-refractivity contribution < 1.29 is 4.92 Å². The van der Waals surface area contributed by atoms with Crippen molar-refractivity contribution in [2.75, 3.05) is 0 Å². The molecular formula is C12H7ClN4O2. The van der Waals surface area contributed by atoms with Gasteiger partial charge in [-0.3, -0.25) is 10.1 Å². The van der Waals surface area contributed by atoms with Gasteiger partial charge in [-0.15, -0.1) is 0 Å². The molecular weight excluding hydrogens is 268 g/mol. The van der Waals surface area contributed by atoms with Gasteiger partial charge in [-0.25, -0.2) is 4.98 Å². The number of halogens is 1. The van der Waals surface area contributed by atoms with Crippen LogP contribution in [-0.2, 0) is 0 Å². The van der Waals surface area contributed by atoms with Gasteiger partial charge in [0.2, 0.25) is 5.28 Å². The van der Waals surface area contributed by atoms with Crippen molar-refractivity contribution in [1.29, 1.82) is 0 Å². The molecule has 0 atom stereocenters. The molecule has 0 saturated carbocycles. The molecule has 94 valence electrons. The van der Waals surface area contributed by atoms with Gasteiger partial charge in [-0.1, -0.05) is 0 Å². The third-order valence-corrected chi connectivity index (χ3v) is 2.93. The van der Waals surface area contributed by atoms with Crippen LogP contribution < -0.4 is 0 Å². The van der Waals surface area contributed by atoms with Crippen molar-refractivity contribution in [3.05, 3.63) is 58.1 Å². The fourth-order valence-corrected chi connectivity index (χ4v) is 2.05. The lowest BCUT2D eigenvalue weighted by atomic mass is 10.2. The number of benzene rings is 1. The van der Waals surface area contributed by atoms with E-state index in [1.165, 1.54) is 12.1 Å². The summed E-state index contributed by atoms with van der Waals surface area (Å²) in [6, 6.07) is 8.17. The van der Waals surface area contributed by atoms with Crippen LogP contribution >= 0.6 is 11.6 Å². The first-order valence-corrected chi connectivity index (χ1v) is 5.77. The molecule has 0 N–H and O–H groups in total. The Kier molecular flexibility index (Phi) is 2.64. The highest BCUT2D eigenvalue weighted by Gasteiger charge is 2.10. The zero-order chi connectivity index (χ0) is 13.4. The molecule has 0 bridgehead atoms. The summed E-state index contributed by atoms with van der Waals surface area (Å²) < 4.78 is 1.80. The maximum absolute atomic E-state index is 10.7. The monoisotopic (exact) mass is 274 g/mol. The first-order chi connectivity index (χ1) is 9.15. The Morgan fingerprint density at radius 2 is 2.11 bits per heavy atom. The normalized spacial score (nSPS) is 10.8. The number of non-ortho nitro benzene ring substituents is 1. The van der Waals surface area contributed by atoms with Crippen molar-refractivity contribution in [2.24, 2.45) is 0 Å². The van der Waals surface area contributed by atoms with Crippen LogP contribution in [0.1, 0.15) is 0 Å². The Balaban J connectivity index is 2.18. The topological polar surface area (TPSA) is 73.8 Å². The molecule has 2 aromatic heterocycles. The van der Waals surface area contributed by atoms with Crippen molar-refractivity contribution >= 4 is 28.2 Å². The number of hydrogen-bond acceptors (Lipinski definition) is 4. The molecule has 7 heteroatoms. The van der Waals surface area contributed by atoms with E-state index in [2.05, 4.69) is 9.97 Å². The molecule has 6 nitrogen and oxygen atoms in total. The average Bonchev–Trinajstić information content (AvgIpc) is 2.81. The van der Waals surface area contributed by atoms with E-state index in [1.54, 1.807) is 35.2 Å². The summed E-state index contributed by atoms with van der Waals surface area (Å²) in [5.41, 5.74) is 0.881. The number of nitro benzene ring substituents is 1. The number of fused-ring (bicyclic) bond motifs is 1. The van der Waals surface area contributed by atoms with Gasteiger partial charge >= 0.3 is 0 Å². The first-order valence-electron chi connectivity index (χ1n) is 5.39. The number of nitrogens with zero attached hydrogens (tertiary/aromatic N) is 4. The third kappa shape index (κ3) is 2.02. The molecule has 2 heterocycles. The number of hydrogen-bond donors (Lipinski definition) is 0. The Bertz CT molecular complexity index is 784. The van der Waals surface area contributed by atoms with Gasteiger partial charge in [0, 0.05) is 29.9 Å². The molecule has 0 amide bonds. The van der Waals surface area contributed by atoms with E-state index in [0.717, 1.165) is 10.9 Å². The lowest BCUT2D eigenvalue weighted by molar-refractivity contribution is -0.384. The summed E-state index contributed by atoms with van der Waals surface area (Å²) in [7, 11) is 0. The molecule has 0 aliphatic heterocycles. The lowest BCUT2D eigenvalue weighted by Crippen LogP contribution is -1.96. The standard InChI is InChI=1S/C12H7ClN4O2/c13-12-14-5-3-11(15-12)16-6-4-8-7-9(17(18)19)1-2-10(8)16/h1-7H. The minimum absolute atomic E-state index is 0.0611. The van der Waals surface area contributed by atoms with Crippen LogP contribution in [0.4, 0.5) is 5.69 Å². The second-order valence-corrected chi connectivity index (χ2v) is 4.21. The molecule has 0 aliphatic carbocycles. The molecule has 0 aliphatic rings. The van der Waals surface area contributed by atoms with E-state index in [0.29, 0.717) is 5.82 Å². The highest BCUT2D eigenvalue weighted by molar-refractivity contribution is 6.28. The fraction of sp³-hybridized carbons (Fsp3) is 0. The maximum Gasteiger partial charge on any atom is 0.270 e. The Morgan fingerprint density at radius 1 is 1.26 bits per heavy atom. The average molecular weight is 275 g/mol. The van der Waals surface area contributed by atoms with Crippen LogP contribution in [0.3, 0.4) is 0 Å². The van der Waals surface area contributed by atoms with Crippen LogP contribution in [0.5, 0.6) is 0 Å². The van der Waals surface area contributed by atoms with Crippen LogP contribution in [-0.4, -0.2) is 19.5 Å². The predicted molar refractivity (Wildman–Crippen MR) is 70.5 cm³/mol. The fourth-order valence-electron chi connectivity index (χ4n) is 1.90. The molecule has 3 rings (SSSR count). The highest BCUT2D eigenvalue weighted by Crippen LogP contribution is 2.24. The summed E-state index contributed by atoms with van der Waals surface area (Å²) in [6.45, 7) is 0. The summed E-state index contributed by atoms with van der Waals surface area (Å²) in [4.78, 5) is 18.2. The zero-order valence-corrected chi connectivity index (χ0v) is 10.3. The van der Waals surface area contributed by atoms with Gasteiger partial charge in [0.05, 0.1) is 10.4 Å². The van der Waals surface area contributed by atoms with Gasteiger partial charge < -0.3 is 4.57 Å². The second-order valence-electron chi connectivity index (χ2n) is 3.87. The quantitative estimate of drug-likeness (QED) is 0.409. The van der Waals surface area contributed by atoms with Crippen LogP contribution in [0.25, 0.3) is 16.7 Å². The second kappa shape index (κ2) is 4.33. The smallest absolute Gasteiger partial charge is 0.270 e. The first kappa shape index (κ1) is 11.6. The summed E-state index contributed by atoms with van der Waals surface area (Å²) in [5.74, 6) is 0.615. The number of nitro groups is 1. The zero-order valence-electron chi connectivity index (χ0n) is 9.52. The lowest BCUT2D eigenvalue weighted by Gasteiger charge is -2.03. The molecule has 19 heavy (non-hydrogen) atoms.